The fourth-order valence-electron chi connectivity index (χ4n) is 2.79. The molecule has 0 atom stereocenters. The van der Waals surface area contributed by atoms with Crippen molar-refractivity contribution in [3.63, 3.8) is 0 Å². The molecule has 0 N–H and O–H groups in total. The number of hydrogen-bond donors (Lipinski definition) is 0. The first-order valence-electron chi connectivity index (χ1n) is 8.66. The molecule has 2 heterocycles. The van der Waals surface area contributed by atoms with Gasteiger partial charge in [-0.3, -0.25) is 0 Å². The molecular weight excluding hydrogens is 308 g/mol. The standard InChI is InChI=1S/C19H26O5/c1-3-18(9-21-10-18)13-23-16-7-5-15(6-8-16)17(20)24-14-19(4-2)11-22-12-19/h5-8H,3-4,9-14H2,1-2H3. The lowest BCUT2D eigenvalue weighted by Gasteiger charge is -2.40. The molecule has 0 bridgehead atoms. The van der Waals surface area contributed by atoms with Gasteiger partial charge in [-0.25, -0.2) is 4.79 Å². The smallest absolute Gasteiger partial charge is 0.338 e. The van der Waals surface area contributed by atoms with E-state index in [9.17, 15) is 4.79 Å². The van der Waals surface area contributed by atoms with Gasteiger partial charge in [0.15, 0.2) is 0 Å². The molecule has 5 heteroatoms. The molecule has 2 fully saturated rings. The van der Waals surface area contributed by atoms with E-state index >= 15 is 0 Å². The second-order valence-electron chi connectivity index (χ2n) is 7.08. The van der Waals surface area contributed by atoms with Crippen LogP contribution < -0.4 is 4.74 Å². The van der Waals surface area contributed by atoms with Crippen LogP contribution in [0.3, 0.4) is 0 Å². The molecule has 0 radical (unpaired) electrons. The Bertz CT molecular complexity index is 547. The van der Waals surface area contributed by atoms with Crippen LogP contribution in [0.5, 0.6) is 5.75 Å². The molecule has 0 aliphatic carbocycles. The highest BCUT2D eigenvalue weighted by Gasteiger charge is 2.38. The molecule has 0 saturated carbocycles. The lowest BCUT2D eigenvalue weighted by Crippen LogP contribution is -2.46. The van der Waals surface area contributed by atoms with Gasteiger partial charge in [0, 0.05) is 0 Å². The molecule has 2 saturated heterocycles. The zero-order valence-electron chi connectivity index (χ0n) is 14.5. The van der Waals surface area contributed by atoms with Gasteiger partial charge in [0.05, 0.1) is 49.4 Å². The lowest BCUT2D eigenvalue weighted by atomic mass is 9.84. The molecule has 3 rings (SSSR count). The maximum absolute atomic E-state index is 12.2. The third-order valence-corrected chi connectivity index (χ3v) is 5.28. The van der Waals surface area contributed by atoms with E-state index in [0.29, 0.717) is 32.0 Å². The zero-order valence-corrected chi connectivity index (χ0v) is 14.5. The van der Waals surface area contributed by atoms with Crippen LogP contribution in [0.25, 0.3) is 0 Å². The van der Waals surface area contributed by atoms with E-state index < -0.39 is 0 Å². The van der Waals surface area contributed by atoms with Crippen molar-refractivity contribution in [3.05, 3.63) is 29.8 Å². The van der Waals surface area contributed by atoms with Crippen molar-refractivity contribution in [2.24, 2.45) is 10.8 Å². The van der Waals surface area contributed by atoms with Crippen LogP contribution in [0.2, 0.25) is 0 Å². The summed E-state index contributed by atoms with van der Waals surface area (Å²) >= 11 is 0. The van der Waals surface area contributed by atoms with Crippen molar-refractivity contribution in [3.8, 4) is 5.75 Å². The number of hydrogen-bond acceptors (Lipinski definition) is 5. The predicted octanol–water partition coefficient (Wildman–Crippen LogP) is 3.08. The Morgan fingerprint density at radius 2 is 1.50 bits per heavy atom. The first-order valence-corrected chi connectivity index (χ1v) is 8.66. The minimum Gasteiger partial charge on any atom is -0.493 e. The second kappa shape index (κ2) is 7.11. The Hall–Kier alpha value is -1.59. The second-order valence-corrected chi connectivity index (χ2v) is 7.08. The van der Waals surface area contributed by atoms with E-state index in [0.717, 1.165) is 31.8 Å². The predicted molar refractivity (Wildman–Crippen MR) is 89.3 cm³/mol. The summed E-state index contributed by atoms with van der Waals surface area (Å²) in [5.74, 6) is 0.474. The topological polar surface area (TPSA) is 54.0 Å². The van der Waals surface area contributed by atoms with Crippen molar-refractivity contribution in [1.82, 2.24) is 0 Å². The average Bonchev–Trinajstić information content (AvgIpc) is 2.54. The zero-order chi connectivity index (χ0) is 17.0. The van der Waals surface area contributed by atoms with Gasteiger partial charge < -0.3 is 18.9 Å². The van der Waals surface area contributed by atoms with E-state index in [-0.39, 0.29) is 16.8 Å². The van der Waals surface area contributed by atoms with Gasteiger partial charge in [0.25, 0.3) is 0 Å². The molecular formula is C19H26O5. The summed E-state index contributed by atoms with van der Waals surface area (Å²) in [6.07, 6.45) is 2.00. The Labute approximate surface area is 143 Å². The molecule has 0 aromatic heterocycles. The van der Waals surface area contributed by atoms with Crippen molar-refractivity contribution < 1.29 is 23.7 Å². The fourth-order valence-corrected chi connectivity index (χ4v) is 2.79. The van der Waals surface area contributed by atoms with E-state index in [2.05, 4.69) is 13.8 Å². The van der Waals surface area contributed by atoms with Crippen LogP contribution in [0.4, 0.5) is 0 Å². The monoisotopic (exact) mass is 334 g/mol. The van der Waals surface area contributed by atoms with Gasteiger partial charge >= 0.3 is 5.97 Å². The highest BCUT2D eigenvalue weighted by molar-refractivity contribution is 5.89. The Kier molecular flexibility index (Phi) is 5.11. The number of ether oxygens (including phenoxy) is 4. The third-order valence-electron chi connectivity index (χ3n) is 5.28. The Morgan fingerprint density at radius 1 is 0.958 bits per heavy atom. The average molecular weight is 334 g/mol. The van der Waals surface area contributed by atoms with Gasteiger partial charge in [-0.15, -0.1) is 0 Å². The molecule has 24 heavy (non-hydrogen) atoms. The summed E-state index contributed by atoms with van der Waals surface area (Å²) in [6, 6.07) is 7.15. The molecule has 2 aliphatic heterocycles. The number of benzene rings is 1. The summed E-state index contributed by atoms with van der Waals surface area (Å²) in [6.45, 7) is 8.18. The van der Waals surface area contributed by atoms with Crippen molar-refractivity contribution in [2.45, 2.75) is 26.7 Å². The van der Waals surface area contributed by atoms with E-state index in [1.807, 2.05) is 12.1 Å². The van der Waals surface area contributed by atoms with Crippen LogP contribution >= 0.6 is 0 Å². The molecule has 0 spiro atoms. The molecule has 0 amide bonds. The van der Waals surface area contributed by atoms with Crippen LogP contribution in [-0.4, -0.2) is 45.6 Å². The SMILES string of the molecule is CCC1(COC(=O)c2ccc(OCC3(CC)COC3)cc2)COC1. The van der Waals surface area contributed by atoms with Crippen LogP contribution in [0, 0.1) is 10.8 Å². The molecule has 0 unspecified atom stereocenters. The van der Waals surface area contributed by atoms with Crippen molar-refractivity contribution in [1.29, 1.82) is 0 Å². The summed E-state index contributed by atoms with van der Waals surface area (Å²) in [5, 5.41) is 0. The third kappa shape index (κ3) is 3.57. The van der Waals surface area contributed by atoms with Gasteiger partial charge in [-0.2, -0.15) is 0 Å². The van der Waals surface area contributed by atoms with Gasteiger partial charge in [0.2, 0.25) is 0 Å². The summed E-state index contributed by atoms with van der Waals surface area (Å²) < 4.78 is 21.8. The summed E-state index contributed by atoms with van der Waals surface area (Å²) in [5.41, 5.74) is 0.709. The van der Waals surface area contributed by atoms with E-state index in [1.165, 1.54) is 0 Å². The van der Waals surface area contributed by atoms with Gasteiger partial charge in [-0.05, 0) is 37.1 Å². The highest BCUT2D eigenvalue weighted by atomic mass is 16.5. The van der Waals surface area contributed by atoms with E-state index in [4.69, 9.17) is 18.9 Å². The first-order chi connectivity index (χ1) is 11.6. The van der Waals surface area contributed by atoms with Gasteiger partial charge in [-0.1, -0.05) is 13.8 Å². The lowest BCUT2D eigenvalue weighted by molar-refractivity contribution is -0.140. The minimum atomic E-state index is -0.293. The maximum atomic E-state index is 12.2. The largest absolute Gasteiger partial charge is 0.493 e. The molecule has 1 aromatic rings. The summed E-state index contributed by atoms with van der Waals surface area (Å²) in [4.78, 5) is 12.2. The fraction of sp³-hybridized carbons (Fsp3) is 0.632. The highest BCUT2D eigenvalue weighted by Crippen LogP contribution is 2.33. The molecule has 132 valence electrons. The van der Waals surface area contributed by atoms with Crippen LogP contribution in [0.15, 0.2) is 24.3 Å². The normalized spacial score (nSPS) is 20.6. The first kappa shape index (κ1) is 17.2. The molecule has 5 nitrogen and oxygen atoms in total. The van der Waals surface area contributed by atoms with Crippen LogP contribution in [-0.2, 0) is 14.2 Å². The Morgan fingerprint density at radius 3 is 1.96 bits per heavy atom. The molecule has 2 aliphatic rings. The number of carbonyl (C=O) groups is 1. The quantitative estimate of drug-likeness (QED) is 0.684. The van der Waals surface area contributed by atoms with Crippen molar-refractivity contribution >= 4 is 5.97 Å². The number of rotatable bonds is 8. The minimum absolute atomic E-state index is 0.0119. The maximum Gasteiger partial charge on any atom is 0.338 e. The number of carbonyl (C=O) groups excluding carboxylic acids is 1. The van der Waals surface area contributed by atoms with E-state index in [1.54, 1.807) is 12.1 Å². The van der Waals surface area contributed by atoms with Crippen LogP contribution in [0.1, 0.15) is 37.0 Å². The molecule has 1 aromatic carbocycles. The number of esters is 1. The Balaban J connectivity index is 1.49. The van der Waals surface area contributed by atoms with Gasteiger partial charge in [0.1, 0.15) is 12.4 Å². The van der Waals surface area contributed by atoms with Crippen molar-refractivity contribution in [2.75, 3.05) is 39.6 Å². The summed E-state index contributed by atoms with van der Waals surface area (Å²) in [7, 11) is 0.